The quantitative estimate of drug-likeness (QED) is 0.137. The minimum atomic E-state index is -2.15. The van der Waals surface area contributed by atoms with E-state index >= 15 is 0 Å². The van der Waals surface area contributed by atoms with Crippen LogP contribution in [0, 0.1) is 11.8 Å². The fourth-order valence-electron chi connectivity index (χ4n) is 6.06. The van der Waals surface area contributed by atoms with Crippen molar-refractivity contribution in [2.45, 2.75) is 80.4 Å². The van der Waals surface area contributed by atoms with Crippen LogP contribution in [0.5, 0.6) is 5.75 Å². The first kappa shape index (κ1) is 32.5. The summed E-state index contributed by atoms with van der Waals surface area (Å²) >= 11 is 0. The van der Waals surface area contributed by atoms with Crippen LogP contribution in [0.1, 0.15) is 30.1 Å². The highest BCUT2D eigenvalue weighted by molar-refractivity contribution is 5.89. The number of esters is 1. The van der Waals surface area contributed by atoms with E-state index in [1.165, 1.54) is 31.2 Å². The Morgan fingerprint density at radius 2 is 1.73 bits per heavy atom. The molecule has 44 heavy (non-hydrogen) atoms. The van der Waals surface area contributed by atoms with Crippen LogP contribution in [-0.2, 0) is 33.2 Å². The van der Waals surface area contributed by atoms with Gasteiger partial charge < -0.3 is 69.3 Å². The fourth-order valence-corrected chi connectivity index (χ4v) is 6.06. The molecular formula is C28H36O16. The lowest BCUT2D eigenvalue weighted by Gasteiger charge is -2.45. The van der Waals surface area contributed by atoms with Crippen molar-refractivity contribution in [3.63, 3.8) is 0 Å². The number of phenols is 1. The number of hydrogen-bond acceptors (Lipinski definition) is 15. The smallest absolute Gasteiger partial charge is 0.338 e. The van der Waals surface area contributed by atoms with E-state index in [2.05, 4.69) is 0 Å². The number of aromatic hydroxyl groups is 1. The Morgan fingerprint density at radius 3 is 2.39 bits per heavy atom. The third-order valence-corrected chi connectivity index (χ3v) is 8.63. The highest BCUT2D eigenvalue weighted by Gasteiger charge is 2.58. The van der Waals surface area contributed by atoms with Crippen LogP contribution in [0.2, 0.25) is 0 Å². The Kier molecular flexibility index (Phi) is 9.21. The minimum absolute atomic E-state index is 0.0541. The monoisotopic (exact) mass is 628 g/mol. The number of aliphatic carboxylic acids is 1. The Bertz CT molecular complexity index is 1230. The van der Waals surface area contributed by atoms with Crippen LogP contribution in [0.25, 0.3) is 0 Å². The number of hydrogen-bond donors (Lipinski definition) is 8. The lowest BCUT2D eigenvalue weighted by molar-refractivity contribution is -0.368. The van der Waals surface area contributed by atoms with Crippen molar-refractivity contribution in [1.82, 2.24) is 0 Å². The third-order valence-electron chi connectivity index (χ3n) is 8.63. The molecule has 1 aromatic carbocycles. The van der Waals surface area contributed by atoms with Gasteiger partial charge in [0.15, 0.2) is 18.2 Å². The second-order valence-electron chi connectivity index (χ2n) is 11.7. The molecule has 3 fully saturated rings. The molecule has 0 spiro atoms. The van der Waals surface area contributed by atoms with Gasteiger partial charge in [0.25, 0.3) is 0 Å². The second kappa shape index (κ2) is 12.5. The zero-order valence-electron chi connectivity index (χ0n) is 23.5. The van der Waals surface area contributed by atoms with Crippen LogP contribution in [0.3, 0.4) is 0 Å². The third kappa shape index (κ3) is 6.15. The molecule has 16 heteroatoms. The van der Waals surface area contributed by atoms with Gasteiger partial charge >= 0.3 is 11.9 Å². The van der Waals surface area contributed by atoms with Crippen LogP contribution < -0.4 is 0 Å². The number of carbonyl (C=O) groups is 2. The molecule has 4 aliphatic rings. The molecule has 0 aromatic heterocycles. The van der Waals surface area contributed by atoms with E-state index < -0.39 is 104 Å². The zero-order chi connectivity index (χ0) is 32.0. The van der Waals surface area contributed by atoms with E-state index in [-0.39, 0.29) is 23.3 Å². The number of benzene rings is 1. The highest BCUT2D eigenvalue weighted by atomic mass is 16.8. The van der Waals surface area contributed by atoms with Gasteiger partial charge in [-0.1, -0.05) is 0 Å². The molecule has 3 aliphatic heterocycles. The molecule has 16 nitrogen and oxygen atoms in total. The van der Waals surface area contributed by atoms with E-state index in [4.69, 9.17) is 28.4 Å². The van der Waals surface area contributed by atoms with Gasteiger partial charge in [-0.2, -0.15) is 0 Å². The molecule has 244 valence electrons. The molecule has 5 rings (SSSR count). The van der Waals surface area contributed by atoms with Gasteiger partial charge in [-0.25, -0.2) is 9.59 Å². The molecule has 1 saturated carbocycles. The second-order valence-corrected chi connectivity index (χ2v) is 11.7. The van der Waals surface area contributed by atoms with Gasteiger partial charge in [0, 0.05) is 5.92 Å². The number of aliphatic hydroxyl groups excluding tert-OH is 4. The van der Waals surface area contributed by atoms with Crippen molar-refractivity contribution >= 4 is 11.9 Å². The molecule has 1 aromatic rings. The molecule has 0 amide bonds. The lowest BCUT2D eigenvalue weighted by atomic mass is 9.81. The number of carboxylic acids is 1. The molecule has 12 atom stereocenters. The van der Waals surface area contributed by atoms with E-state index in [0.717, 1.165) is 6.26 Å². The number of carbonyl (C=O) groups excluding carboxylic acids is 1. The van der Waals surface area contributed by atoms with E-state index in [9.17, 15) is 50.4 Å². The number of phenolic OH excluding ortho intramolecular Hbond substituents is 1. The largest absolute Gasteiger partial charge is 0.508 e. The van der Waals surface area contributed by atoms with Gasteiger partial charge in [0.1, 0.15) is 42.9 Å². The molecule has 0 radical (unpaired) electrons. The summed E-state index contributed by atoms with van der Waals surface area (Å²) in [5.41, 5.74) is -3.55. The van der Waals surface area contributed by atoms with Crippen LogP contribution in [-0.4, -0.2) is 133 Å². The summed E-state index contributed by atoms with van der Waals surface area (Å²) < 4.78 is 33.5. The van der Waals surface area contributed by atoms with Gasteiger partial charge in [0.05, 0.1) is 42.1 Å². The Balaban J connectivity index is 1.30. The summed E-state index contributed by atoms with van der Waals surface area (Å²) in [7, 11) is 0. The summed E-state index contributed by atoms with van der Waals surface area (Å²) in [6, 6.07) is 5.13. The first-order valence-corrected chi connectivity index (χ1v) is 14.0. The van der Waals surface area contributed by atoms with Crippen molar-refractivity contribution in [1.29, 1.82) is 0 Å². The first-order valence-electron chi connectivity index (χ1n) is 14.0. The van der Waals surface area contributed by atoms with E-state index in [1.807, 2.05) is 0 Å². The molecule has 8 N–H and O–H groups in total. The topological polar surface area (TPSA) is 251 Å². The maximum Gasteiger partial charge on any atom is 0.338 e. The summed E-state index contributed by atoms with van der Waals surface area (Å²) in [5, 5.41) is 83.1. The van der Waals surface area contributed by atoms with Gasteiger partial charge in [-0.05, 0) is 44.0 Å². The predicted molar refractivity (Wildman–Crippen MR) is 140 cm³/mol. The van der Waals surface area contributed by atoms with Crippen LogP contribution in [0.15, 0.2) is 36.1 Å². The molecular weight excluding hydrogens is 592 g/mol. The van der Waals surface area contributed by atoms with Crippen molar-refractivity contribution in [2.75, 3.05) is 19.8 Å². The standard InChI is InChI=1S/C28H36O16/c1-27(37)7-6-14-15(22(34)35)9-39-24(17(14)27)44-25-20(19(32)18(31)16(8-29)42-25)43-26-21(33)28(38,11-41-26)10-40-23(36)12-2-4-13(30)5-3-12/h2-5,9,14,16-21,24-26,29-33,37-38H,6-8,10-11H2,1H3,(H,34,35). The number of rotatable bonds is 9. The average molecular weight is 629 g/mol. The number of ether oxygens (including phenoxy) is 6. The van der Waals surface area contributed by atoms with Gasteiger partial charge in [0.2, 0.25) is 6.29 Å². The van der Waals surface area contributed by atoms with E-state index in [0.29, 0.717) is 6.42 Å². The Hall–Kier alpha value is -2.90. The normalized spacial score (nSPS) is 41.8. The van der Waals surface area contributed by atoms with Crippen molar-refractivity contribution in [3.05, 3.63) is 41.7 Å². The average Bonchev–Trinajstić information content (AvgIpc) is 3.46. The van der Waals surface area contributed by atoms with E-state index in [1.54, 1.807) is 0 Å². The van der Waals surface area contributed by atoms with Crippen molar-refractivity contribution in [3.8, 4) is 5.75 Å². The molecule has 3 heterocycles. The highest BCUT2D eigenvalue weighted by Crippen LogP contribution is 2.49. The summed E-state index contributed by atoms with van der Waals surface area (Å²) in [6.45, 7) is -0.526. The molecule has 0 bridgehead atoms. The summed E-state index contributed by atoms with van der Waals surface area (Å²) in [6.07, 6.45) is -11.3. The predicted octanol–water partition coefficient (Wildman–Crippen LogP) is -2.06. The number of aliphatic hydroxyl groups is 6. The fraction of sp³-hybridized carbons (Fsp3) is 0.643. The SMILES string of the molecule is CC1(O)CCC2C(C(=O)O)=COC(OC3OC(CO)C(O)C(O)C3OC3OCC(O)(COC(=O)c4ccc(O)cc4)C3O)C21. The lowest BCUT2D eigenvalue weighted by Crippen LogP contribution is -2.62. The van der Waals surface area contributed by atoms with Crippen molar-refractivity contribution in [2.24, 2.45) is 11.8 Å². The molecule has 2 saturated heterocycles. The van der Waals surface area contributed by atoms with Gasteiger partial charge in [-0.15, -0.1) is 0 Å². The number of carboxylic acid groups (broad SMARTS) is 1. The van der Waals surface area contributed by atoms with Crippen LogP contribution >= 0.6 is 0 Å². The maximum absolute atomic E-state index is 12.4. The molecule has 12 unspecified atom stereocenters. The zero-order valence-corrected chi connectivity index (χ0v) is 23.5. The minimum Gasteiger partial charge on any atom is -0.508 e. The Morgan fingerprint density at radius 1 is 1.02 bits per heavy atom. The Labute approximate surface area is 250 Å². The van der Waals surface area contributed by atoms with Crippen LogP contribution in [0.4, 0.5) is 0 Å². The van der Waals surface area contributed by atoms with Crippen molar-refractivity contribution < 1.29 is 78.9 Å². The maximum atomic E-state index is 12.4. The number of fused-ring (bicyclic) bond motifs is 1. The first-order chi connectivity index (χ1) is 20.8. The summed E-state index contributed by atoms with van der Waals surface area (Å²) in [5.74, 6) is -3.68. The molecule has 1 aliphatic carbocycles. The summed E-state index contributed by atoms with van der Waals surface area (Å²) in [4.78, 5) is 24.1. The van der Waals surface area contributed by atoms with Gasteiger partial charge in [-0.3, -0.25) is 0 Å².